The summed E-state index contributed by atoms with van der Waals surface area (Å²) in [5, 5.41) is 27.1. The van der Waals surface area contributed by atoms with Crippen LogP contribution in [-0.2, 0) is 4.74 Å². The van der Waals surface area contributed by atoms with E-state index in [-0.39, 0.29) is 0 Å². The van der Waals surface area contributed by atoms with Crippen LogP contribution in [0.2, 0.25) is 0 Å². The lowest BCUT2D eigenvalue weighted by Gasteiger charge is -2.44. The van der Waals surface area contributed by atoms with E-state index < -0.39 is 0 Å². The number of anilines is 4. The Labute approximate surface area is 200 Å². The Hall–Kier alpha value is -2.90. The molecule has 3 aliphatic heterocycles. The average Bonchev–Trinajstić information content (AvgIpc) is 3.24. The zero-order valence-corrected chi connectivity index (χ0v) is 20.1. The van der Waals surface area contributed by atoms with Gasteiger partial charge in [0.15, 0.2) is 5.82 Å². The summed E-state index contributed by atoms with van der Waals surface area (Å²) >= 11 is 0. The molecule has 2 aromatic rings. The maximum Gasteiger partial charge on any atom is 0.232 e. The van der Waals surface area contributed by atoms with E-state index >= 15 is 0 Å². The van der Waals surface area contributed by atoms with Gasteiger partial charge in [0.25, 0.3) is 0 Å². The van der Waals surface area contributed by atoms with Gasteiger partial charge in [0.1, 0.15) is 11.6 Å². The second-order valence-electron chi connectivity index (χ2n) is 9.91. The van der Waals surface area contributed by atoms with Crippen molar-refractivity contribution in [1.29, 1.82) is 5.26 Å². The number of nitrogens with one attached hydrogen (secondary N) is 4. The Bertz CT molecular complexity index is 1010. The van der Waals surface area contributed by atoms with Crippen LogP contribution in [-0.4, -0.2) is 64.6 Å². The van der Waals surface area contributed by atoms with E-state index in [0.717, 1.165) is 68.1 Å². The highest BCUT2D eigenvalue weighted by atomic mass is 16.5. The van der Waals surface area contributed by atoms with Crippen LogP contribution < -0.4 is 20.9 Å². The molecule has 0 aliphatic carbocycles. The molecule has 2 unspecified atom stereocenters. The summed E-state index contributed by atoms with van der Waals surface area (Å²) in [5.41, 5.74) is 2.05. The van der Waals surface area contributed by atoms with Crippen molar-refractivity contribution in [3.63, 3.8) is 0 Å². The van der Waals surface area contributed by atoms with E-state index in [4.69, 9.17) is 20.0 Å². The molecule has 0 spiro atoms. The minimum atomic E-state index is 0.361. The van der Waals surface area contributed by atoms with E-state index in [9.17, 15) is 0 Å². The number of fused-ring (bicyclic) bond motifs is 2. The Morgan fingerprint density at radius 1 is 1.15 bits per heavy atom. The quantitative estimate of drug-likeness (QED) is 0.488. The van der Waals surface area contributed by atoms with Gasteiger partial charge < -0.3 is 25.6 Å². The van der Waals surface area contributed by atoms with Crippen molar-refractivity contribution in [1.82, 2.24) is 25.5 Å². The third-order valence-electron chi connectivity index (χ3n) is 7.23. The molecule has 3 saturated heterocycles. The van der Waals surface area contributed by atoms with Crippen molar-refractivity contribution in [2.45, 2.75) is 70.5 Å². The number of H-pyrrole nitrogens is 1. The van der Waals surface area contributed by atoms with Gasteiger partial charge in [-0.25, -0.2) is 0 Å². The minimum Gasteiger partial charge on any atom is -0.378 e. The molecule has 10 heteroatoms. The average molecular weight is 466 g/mol. The fourth-order valence-electron chi connectivity index (χ4n) is 5.68. The van der Waals surface area contributed by atoms with Gasteiger partial charge in [0.2, 0.25) is 5.95 Å². The number of ether oxygens (including phenoxy) is 1. The van der Waals surface area contributed by atoms with Gasteiger partial charge in [-0.05, 0) is 51.9 Å². The molecule has 182 valence electrons. The number of nitriles is 1. The van der Waals surface area contributed by atoms with Crippen LogP contribution in [0.5, 0.6) is 0 Å². The van der Waals surface area contributed by atoms with Crippen LogP contribution in [0.4, 0.5) is 23.4 Å². The summed E-state index contributed by atoms with van der Waals surface area (Å²) in [7, 11) is 0. The molecule has 2 aromatic heterocycles. The fraction of sp³-hybridized carbons (Fsp3) is 0.667. The smallest absolute Gasteiger partial charge is 0.232 e. The summed E-state index contributed by atoms with van der Waals surface area (Å²) in [5.74, 6) is 3.75. The number of aryl methyl sites for hydroxylation is 1. The molecule has 3 fully saturated rings. The van der Waals surface area contributed by atoms with E-state index in [2.05, 4.69) is 44.0 Å². The van der Waals surface area contributed by atoms with Crippen molar-refractivity contribution < 1.29 is 4.74 Å². The number of morpholine rings is 1. The highest BCUT2D eigenvalue weighted by molar-refractivity contribution is 5.64. The Kier molecular flexibility index (Phi) is 6.83. The van der Waals surface area contributed by atoms with Crippen molar-refractivity contribution in [2.75, 3.05) is 41.8 Å². The fourth-order valence-corrected chi connectivity index (χ4v) is 5.68. The number of nitrogens with zero attached hydrogens (tertiary/aromatic N) is 5. The molecule has 3 aliphatic rings. The summed E-state index contributed by atoms with van der Waals surface area (Å²) in [6.07, 6.45) is 6.14. The van der Waals surface area contributed by atoms with E-state index in [1.807, 2.05) is 13.0 Å². The highest BCUT2D eigenvalue weighted by Crippen LogP contribution is 2.35. The molecular weight excluding hydrogens is 430 g/mol. The first-order chi connectivity index (χ1) is 16.6. The number of aromatic amines is 1. The molecule has 0 amide bonds. The molecule has 0 aromatic carbocycles. The number of aromatic nitrogens is 4. The molecule has 5 rings (SSSR count). The lowest BCUT2D eigenvalue weighted by Crippen LogP contribution is -2.54. The number of hydrogen-bond donors (Lipinski definition) is 4. The molecule has 34 heavy (non-hydrogen) atoms. The van der Waals surface area contributed by atoms with Crippen LogP contribution in [0, 0.1) is 31.1 Å². The van der Waals surface area contributed by atoms with Gasteiger partial charge in [-0.1, -0.05) is 0 Å². The molecule has 0 radical (unpaired) electrons. The molecule has 2 atom stereocenters. The zero-order valence-electron chi connectivity index (χ0n) is 20.1. The summed E-state index contributed by atoms with van der Waals surface area (Å²) in [6, 6.07) is 5.62. The maximum atomic E-state index is 8.96. The predicted molar refractivity (Wildman–Crippen MR) is 131 cm³/mol. The normalized spacial score (nSPS) is 26.7. The van der Waals surface area contributed by atoms with E-state index in [1.54, 1.807) is 0 Å². The first kappa shape index (κ1) is 22.9. The van der Waals surface area contributed by atoms with Crippen LogP contribution in [0.25, 0.3) is 0 Å². The second kappa shape index (κ2) is 10.2. The zero-order chi connectivity index (χ0) is 23.5. The third-order valence-corrected chi connectivity index (χ3v) is 7.23. The number of piperidine rings is 2. The monoisotopic (exact) mass is 465 g/mol. The van der Waals surface area contributed by atoms with Gasteiger partial charge >= 0.3 is 0 Å². The van der Waals surface area contributed by atoms with E-state index in [1.165, 1.54) is 0 Å². The third kappa shape index (κ3) is 5.26. The molecule has 4 N–H and O–H groups in total. The van der Waals surface area contributed by atoms with Gasteiger partial charge in [-0.3, -0.25) is 5.10 Å². The van der Waals surface area contributed by atoms with Gasteiger partial charge in [-0.2, -0.15) is 20.3 Å². The largest absolute Gasteiger partial charge is 0.378 e. The minimum absolute atomic E-state index is 0.361. The Balaban J connectivity index is 1.35. The molecule has 5 heterocycles. The molecule has 2 bridgehead atoms. The van der Waals surface area contributed by atoms with Crippen LogP contribution >= 0.6 is 0 Å². The second-order valence-corrected chi connectivity index (χ2v) is 9.91. The first-order valence-electron chi connectivity index (χ1n) is 12.5. The van der Waals surface area contributed by atoms with Crippen LogP contribution in [0.3, 0.4) is 0 Å². The van der Waals surface area contributed by atoms with Crippen molar-refractivity contribution in [3.8, 4) is 6.07 Å². The van der Waals surface area contributed by atoms with Crippen molar-refractivity contribution >= 4 is 23.4 Å². The topological polar surface area (TPSA) is 127 Å². The van der Waals surface area contributed by atoms with Crippen molar-refractivity contribution in [3.05, 3.63) is 17.3 Å². The highest BCUT2D eigenvalue weighted by Gasteiger charge is 2.36. The summed E-state index contributed by atoms with van der Waals surface area (Å²) in [6.45, 7) is 7.13. The summed E-state index contributed by atoms with van der Waals surface area (Å²) < 4.78 is 5.56. The van der Waals surface area contributed by atoms with Gasteiger partial charge in [0.05, 0.1) is 19.3 Å². The van der Waals surface area contributed by atoms with Crippen LogP contribution in [0.1, 0.15) is 49.8 Å². The Morgan fingerprint density at radius 2 is 1.91 bits per heavy atom. The standard InChI is InChI=1S/C24H35N9O/c1-15-10-21(32-31-15)28-24-29-22(16(2)23(30-24)33-6-8-34-9-7-33)27-20-13-18-11-17(4-3-5-25)12-19(14-20)26-18/h10,17-20,26H,3-4,6-9,11-14H2,1-2H3,(H3,27,28,29,30,31,32). The van der Waals surface area contributed by atoms with E-state index in [0.29, 0.717) is 55.4 Å². The molecule has 10 nitrogen and oxygen atoms in total. The number of rotatable bonds is 7. The lowest BCUT2D eigenvalue weighted by molar-refractivity contribution is 0.122. The van der Waals surface area contributed by atoms with Gasteiger partial charge in [0, 0.05) is 55.0 Å². The lowest BCUT2D eigenvalue weighted by atomic mass is 9.77. The predicted octanol–water partition coefficient (Wildman–Crippen LogP) is 3.01. The van der Waals surface area contributed by atoms with Gasteiger partial charge in [-0.15, -0.1) is 0 Å². The SMILES string of the molecule is Cc1cc(Nc2nc(NC3CC4CC(CCC#N)CC(C3)N4)c(C)c(N3CCOCC3)n2)n[nH]1. The van der Waals surface area contributed by atoms with Crippen molar-refractivity contribution in [2.24, 2.45) is 5.92 Å². The Morgan fingerprint density at radius 3 is 2.59 bits per heavy atom. The first-order valence-corrected chi connectivity index (χ1v) is 12.5. The summed E-state index contributed by atoms with van der Waals surface area (Å²) in [4.78, 5) is 12.0. The molecule has 0 saturated carbocycles. The maximum absolute atomic E-state index is 8.96. The number of hydrogen-bond acceptors (Lipinski definition) is 9. The molecular formula is C24H35N9O. The van der Waals surface area contributed by atoms with Crippen LogP contribution in [0.15, 0.2) is 6.07 Å².